The van der Waals surface area contributed by atoms with E-state index >= 15 is 0 Å². The Morgan fingerprint density at radius 2 is 1.50 bits per heavy atom. The number of halogens is 7. The highest BCUT2D eigenvalue weighted by Gasteiger charge is 2.49. The van der Waals surface area contributed by atoms with Crippen LogP contribution >= 0.6 is 12.4 Å². The molecule has 236 valence electrons. The van der Waals surface area contributed by atoms with E-state index in [0.29, 0.717) is 25.0 Å². The van der Waals surface area contributed by atoms with Crippen LogP contribution in [-0.4, -0.2) is 81.4 Å². The number of alkyl halides is 6. The van der Waals surface area contributed by atoms with Gasteiger partial charge in [-0.1, -0.05) is 0 Å². The number of nitrogens with zero attached hydrogens (tertiary/aromatic N) is 6. The number of ether oxygens (including phenoxy) is 1. The number of carbonyl (C=O) groups excluding carboxylic acids is 2. The number of aromatic nitrogens is 3. The van der Waals surface area contributed by atoms with Gasteiger partial charge >= 0.3 is 12.4 Å². The summed E-state index contributed by atoms with van der Waals surface area (Å²) in [6, 6.07) is 6.20. The Kier molecular flexibility index (Phi) is 9.56. The molecule has 0 radical (unpaired) electrons. The Morgan fingerprint density at radius 1 is 0.818 bits per heavy atom. The number of pyridine rings is 1. The molecule has 1 aromatic carbocycles. The fourth-order valence-corrected chi connectivity index (χ4v) is 5.31. The number of piperazine rings is 1. The van der Waals surface area contributed by atoms with Gasteiger partial charge in [0.1, 0.15) is 17.9 Å². The minimum Gasteiger partial charge on any atom is -0.476 e. The molecule has 2 amide bonds. The van der Waals surface area contributed by atoms with Gasteiger partial charge < -0.3 is 19.4 Å². The molecule has 2 aliphatic heterocycles. The molecule has 0 spiro atoms. The highest BCUT2D eigenvalue weighted by atomic mass is 35.5. The number of benzene rings is 1. The fraction of sp³-hybridized carbons (Fsp3) is 0.393. The fourth-order valence-electron chi connectivity index (χ4n) is 5.31. The third kappa shape index (κ3) is 6.98. The van der Waals surface area contributed by atoms with Crippen LogP contribution in [0.4, 0.5) is 32.2 Å². The van der Waals surface area contributed by atoms with Gasteiger partial charge in [-0.15, -0.1) is 12.4 Å². The van der Waals surface area contributed by atoms with E-state index < -0.39 is 53.0 Å². The van der Waals surface area contributed by atoms with Crippen molar-refractivity contribution in [1.29, 1.82) is 0 Å². The quantitative estimate of drug-likeness (QED) is 0.371. The van der Waals surface area contributed by atoms with Crippen LogP contribution in [0.1, 0.15) is 34.3 Å². The largest absolute Gasteiger partial charge is 0.476 e. The average molecular weight is 645 g/mol. The zero-order valence-electron chi connectivity index (χ0n) is 23.0. The van der Waals surface area contributed by atoms with Crippen LogP contribution in [0.25, 0.3) is 0 Å². The standard InChI is InChI=1S/C28H26F6N6O3.ClH/c29-27(30,31)19-2-4-20(5-3-19)43-26(25(42)39-14-12-38(13-15-39)23-7-10-36-18-37-23)8-1-11-40(17-26)24(41)21-16-35-9-6-22(21)28(32,33)34;/h2-7,9-10,16,18H,1,8,11-15,17H2;1H. The Morgan fingerprint density at radius 3 is 2.11 bits per heavy atom. The summed E-state index contributed by atoms with van der Waals surface area (Å²) in [7, 11) is 0. The van der Waals surface area contributed by atoms with Crippen molar-refractivity contribution < 1.29 is 40.7 Å². The molecule has 2 fully saturated rings. The molecule has 0 bridgehead atoms. The van der Waals surface area contributed by atoms with Crippen molar-refractivity contribution in [3.63, 3.8) is 0 Å². The molecule has 1 unspecified atom stereocenters. The summed E-state index contributed by atoms with van der Waals surface area (Å²) in [5.41, 5.74) is -4.52. The lowest BCUT2D eigenvalue weighted by molar-refractivity contribution is -0.153. The highest BCUT2D eigenvalue weighted by molar-refractivity contribution is 5.96. The van der Waals surface area contributed by atoms with E-state index in [1.807, 2.05) is 4.90 Å². The van der Waals surface area contributed by atoms with Crippen molar-refractivity contribution >= 4 is 30.0 Å². The molecule has 2 aromatic heterocycles. The van der Waals surface area contributed by atoms with Gasteiger partial charge in [-0.3, -0.25) is 14.6 Å². The molecule has 5 rings (SSSR count). The third-order valence-corrected chi connectivity index (χ3v) is 7.44. The number of carbonyl (C=O) groups is 2. The summed E-state index contributed by atoms with van der Waals surface area (Å²) in [6.45, 7) is 0.937. The molecule has 3 aromatic rings. The number of hydrogen-bond donors (Lipinski definition) is 0. The number of likely N-dealkylation sites (tertiary alicyclic amines) is 1. The summed E-state index contributed by atoms with van der Waals surface area (Å²) in [5, 5.41) is 0. The first-order chi connectivity index (χ1) is 20.4. The minimum absolute atomic E-state index is 0. The Labute approximate surface area is 254 Å². The van der Waals surface area contributed by atoms with Crippen LogP contribution in [-0.2, 0) is 17.1 Å². The number of anilines is 1. The smallest absolute Gasteiger partial charge is 0.417 e. The van der Waals surface area contributed by atoms with E-state index in [0.717, 1.165) is 41.6 Å². The highest BCUT2D eigenvalue weighted by Crippen LogP contribution is 2.36. The zero-order valence-corrected chi connectivity index (χ0v) is 23.8. The van der Waals surface area contributed by atoms with E-state index in [2.05, 4.69) is 15.0 Å². The number of hydrogen-bond acceptors (Lipinski definition) is 7. The molecule has 0 aliphatic carbocycles. The molecule has 9 nitrogen and oxygen atoms in total. The van der Waals surface area contributed by atoms with E-state index in [1.54, 1.807) is 12.3 Å². The van der Waals surface area contributed by atoms with Crippen molar-refractivity contribution in [2.24, 2.45) is 0 Å². The lowest BCUT2D eigenvalue weighted by Gasteiger charge is -2.45. The molecular formula is C28H27ClF6N6O3. The van der Waals surface area contributed by atoms with Crippen LogP contribution in [0.5, 0.6) is 5.75 Å². The van der Waals surface area contributed by atoms with Crippen LogP contribution < -0.4 is 9.64 Å². The van der Waals surface area contributed by atoms with Gasteiger partial charge in [-0.2, -0.15) is 26.3 Å². The molecule has 0 N–H and O–H groups in total. The van der Waals surface area contributed by atoms with Gasteiger partial charge in [0.2, 0.25) is 5.60 Å². The average Bonchev–Trinajstić information content (AvgIpc) is 3.00. The second-order valence-electron chi connectivity index (χ2n) is 10.2. The van der Waals surface area contributed by atoms with Crippen LogP contribution in [0.15, 0.2) is 61.3 Å². The normalized spacial score (nSPS) is 19.3. The Bertz CT molecular complexity index is 1450. The summed E-state index contributed by atoms with van der Waals surface area (Å²) >= 11 is 0. The van der Waals surface area contributed by atoms with Gasteiger partial charge in [-0.25, -0.2) is 9.97 Å². The summed E-state index contributed by atoms with van der Waals surface area (Å²) < 4.78 is 86.6. The van der Waals surface area contributed by atoms with E-state index in [9.17, 15) is 35.9 Å². The molecule has 0 saturated carbocycles. The molecule has 44 heavy (non-hydrogen) atoms. The van der Waals surface area contributed by atoms with Crippen molar-refractivity contribution in [1.82, 2.24) is 24.8 Å². The second kappa shape index (κ2) is 12.8. The van der Waals surface area contributed by atoms with Crippen molar-refractivity contribution in [2.45, 2.75) is 30.8 Å². The van der Waals surface area contributed by atoms with E-state index in [4.69, 9.17) is 4.74 Å². The Balaban J connectivity index is 0.00000442. The first-order valence-electron chi connectivity index (χ1n) is 13.3. The first-order valence-corrected chi connectivity index (χ1v) is 13.3. The predicted molar refractivity (Wildman–Crippen MR) is 147 cm³/mol. The number of amides is 2. The van der Waals surface area contributed by atoms with Crippen molar-refractivity contribution in [3.8, 4) is 5.75 Å². The zero-order chi connectivity index (χ0) is 30.8. The lowest BCUT2D eigenvalue weighted by Crippen LogP contribution is -2.64. The first kappa shape index (κ1) is 32.8. The molecule has 1 atom stereocenters. The molecule has 16 heteroatoms. The topological polar surface area (TPSA) is 91.8 Å². The maximum absolute atomic E-state index is 14.1. The number of piperidine rings is 1. The van der Waals surface area contributed by atoms with Crippen LogP contribution in [0.3, 0.4) is 0 Å². The van der Waals surface area contributed by atoms with Crippen molar-refractivity contribution in [3.05, 3.63) is 78.0 Å². The minimum atomic E-state index is -4.82. The molecular weight excluding hydrogens is 618 g/mol. The molecule has 4 heterocycles. The van der Waals surface area contributed by atoms with E-state index in [-0.39, 0.29) is 50.6 Å². The van der Waals surface area contributed by atoms with Gasteiger partial charge in [0.25, 0.3) is 11.8 Å². The maximum Gasteiger partial charge on any atom is 0.417 e. The Hall–Kier alpha value is -4.14. The lowest BCUT2D eigenvalue weighted by atomic mass is 9.89. The SMILES string of the molecule is Cl.O=C(c1cnccc1C(F)(F)F)N1CCCC(Oc2ccc(C(F)(F)F)cc2)(C(=O)N2CCN(c3ccncn3)CC2)C1. The molecule has 2 aliphatic rings. The van der Waals surface area contributed by atoms with Crippen molar-refractivity contribution in [2.75, 3.05) is 44.2 Å². The van der Waals surface area contributed by atoms with Crippen LogP contribution in [0, 0.1) is 0 Å². The summed E-state index contributed by atoms with van der Waals surface area (Å²) in [6.07, 6.45) is -4.39. The summed E-state index contributed by atoms with van der Waals surface area (Å²) in [4.78, 5) is 43.9. The number of rotatable bonds is 5. The predicted octanol–water partition coefficient (Wildman–Crippen LogP) is 4.73. The third-order valence-electron chi connectivity index (χ3n) is 7.44. The van der Waals surface area contributed by atoms with Gasteiger partial charge in [0.05, 0.1) is 23.2 Å². The second-order valence-corrected chi connectivity index (χ2v) is 10.2. The maximum atomic E-state index is 14.1. The van der Waals surface area contributed by atoms with Gasteiger partial charge in [0, 0.05) is 51.3 Å². The summed E-state index contributed by atoms with van der Waals surface area (Å²) in [5.74, 6) is -0.881. The van der Waals surface area contributed by atoms with Crippen LogP contribution in [0.2, 0.25) is 0 Å². The van der Waals surface area contributed by atoms with Gasteiger partial charge in [0.15, 0.2) is 0 Å². The monoisotopic (exact) mass is 644 g/mol. The molecule has 2 saturated heterocycles. The van der Waals surface area contributed by atoms with Gasteiger partial charge in [-0.05, 0) is 49.2 Å². The van der Waals surface area contributed by atoms with E-state index in [1.165, 1.54) is 11.2 Å².